The number of fused-ring (bicyclic) bond motifs is 1. The van der Waals surface area contributed by atoms with E-state index in [0.717, 1.165) is 0 Å². The molecule has 2 saturated heterocycles. The summed E-state index contributed by atoms with van der Waals surface area (Å²) < 4.78 is 34.4. The Bertz CT molecular complexity index is 671. The Balaban J connectivity index is 1.94. The predicted molar refractivity (Wildman–Crippen MR) is 77.4 cm³/mol. The van der Waals surface area contributed by atoms with E-state index in [2.05, 4.69) is 10.3 Å². The highest BCUT2D eigenvalue weighted by atomic mass is 32.2. The normalized spacial score (nSPS) is 29.3. The molecule has 2 aliphatic rings. The maximum absolute atomic E-state index is 12.9. The third-order valence-electron chi connectivity index (χ3n) is 4.33. The minimum Gasteiger partial charge on any atom is -0.376 e. The molecule has 8 nitrogen and oxygen atoms in total. The summed E-state index contributed by atoms with van der Waals surface area (Å²) in [6.07, 6.45) is 3.91. The number of sulfonamides is 1. The van der Waals surface area contributed by atoms with Crippen LogP contribution in [0.3, 0.4) is 0 Å². The smallest absolute Gasteiger partial charge is 0.262 e. The van der Waals surface area contributed by atoms with Crippen LogP contribution in [0.15, 0.2) is 17.6 Å². The third kappa shape index (κ3) is 2.53. The molecule has 0 bridgehead atoms. The van der Waals surface area contributed by atoms with E-state index in [0.29, 0.717) is 19.4 Å². The van der Waals surface area contributed by atoms with Crippen LogP contribution in [0.5, 0.6) is 0 Å². The zero-order valence-corrected chi connectivity index (χ0v) is 13.4. The van der Waals surface area contributed by atoms with Gasteiger partial charge in [0.25, 0.3) is 10.0 Å². The fraction of sp³-hybridized carbons (Fsp3) is 0.692. The summed E-state index contributed by atoms with van der Waals surface area (Å²) in [5.41, 5.74) is 0. The summed E-state index contributed by atoms with van der Waals surface area (Å²) in [6, 6.07) is -0.215. The predicted octanol–water partition coefficient (Wildman–Crippen LogP) is -0.666. The Labute approximate surface area is 129 Å². The first-order chi connectivity index (χ1) is 10.4. The van der Waals surface area contributed by atoms with Gasteiger partial charge in [-0.25, -0.2) is 13.4 Å². The Morgan fingerprint density at radius 1 is 1.50 bits per heavy atom. The number of aromatic nitrogens is 2. The Morgan fingerprint density at radius 3 is 2.91 bits per heavy atom. The summed E-state index contributed by atoms with van der Waals surface area (Å²) in [5, 5.41) is 2.61. The molecule has 1 amide bonds. The van der Waals surface area contributed by atoms with E-state index in [9.17, 15) is 13.2 Å². The van der Waals surface area contributed by atoms with Gasteiger partial charge in [-0.2, -0.15) is 4.31 Å². The lowest BCUT2D eigenvalue weighted by molar-refractivity contribution is -0.127. The van der Waals surface area contributed by atoms with Crippen molar-refractivity contribution in [3.05, 3.63) is 12.5 Å². The first-order valence-corrected chi connectivity index (χ1v) is 8.70. The summed E-state index contributed by atoms with van der Waals surface area (Å²) in [6.45, 7) is 0.688. The van der Waals surface area contributed by atoms with Gasteiger partial charge in [0.2, 0.25) is 5.91 Å². The van der Waals surface area contributed by atoms with Crippen molar-refractivity contribution in [2.45, 2.75) is 30.0 Å². The van der Waals surface area contributed by atoms with E-state index in [-0.39, 0.29) is 29.6 Å². The lowest BCUT2D eigenvalue weighted by Crippen LogP contribution is -2.54. The topological polar surface area (TPSA) is 93.5 Å². The average Bonchev–Trinajstić information content (AvgIpc) is 3.13. The fourth-order valence-electron chi connectivity index (χ4n) is 3.21. The number of rotatable bonds is 3. The molecule has 0 unspecified atom stereocenters. The molecule has 122 valence electrons. The third-order valence-corrected chi connectivity index (χ3v) is 6.11. The Hall–Kier alpha value is -1.45. The Kier molecular flexibility index (Phi) is 3.96. The van der Waals surface area contributed by atoms with Crippen LogP contribution in [-0.2, 0) is 26.6 Å². The van der Waals surface area contributed by atoms with Crippen molar-refractivity contribution >= 4 is 15.9 Å². The van der Waals surface area contributed by atoms with Gasteiger partial charge in [0.05, 0.1) is 24.4 Å². The number of hydrogen-bond acceptors (Lipinski definition) is 5. The van der Waals surface area contributed by atoms with Gasteiger partial charge in [-0.1, -0.05) is 0 Å². The van der Waals surface area contributed by atoms with Crippen molar-refractivity contribution < 1.29 is 17.9 Å². The molecule has 0 aliphatic carbocycles. The number of hydrogen-bond donors (Lipinski definition) is 1. The zero-order valence-electron chi connectivity index (χ0n) is 12.6. The van der Waals surface area contributed by atoms with Gasteiger partial charge < -0.3 is 14.6 Å². The summed E-state index contributed by atoms with van der Waals surface area (Å²) in [5.74, 6) is -0.557. The van der Waals surface area contributed by atoms with Crippen molar-refractivity contribution in [3.63, 3.8) is 0 Å². The second-order valence-corrected chi connectivity index (χ2v) is 7.60. The van der Waals surface area contributed by atoms with Gasteiger partial charge in [0.1, 0.15) is 0 Å². The number of aryl methyl sites for hydroxylation is 1. The molecule has 3 heterocycles. The quantitative estimate of drug-likeness (QED) is 0.794. The summed E-state index contributed by atoms with van der Waals surface area (Å²) in [4.78, 5) is 15.9. The molecular formula is C13H20N4O4S. The maximum atomic E-state index is 12.9. The van der Waals surface area contributed by atoms with Gasteiger partial charge in [0.15, 0.2) is 5.03 Å². The van der Waals surface area contributed by atoms with Gasteiger partial charge in [-0.05, 0) is 12.8 Å². The summed E-state index contributed by atoms with van der Waals surface area (Å²) in [7, 11) is -0.452. The van der Waals surface area contributed by atoms with Crippen LogP contribution >= 0.6 is 0 Å². The van der Waals surface area contributed by atoms with Gasteiger partial charge >= 0.3 is 0 Å². The van der Waals surface area contributed by atoms with Crippen molar-refractivity contribution in [1.29, 1.82) is 0 Å². The van der Waals surface area contributed by atoms with Crippen molar-refractivity contribution in [1.82, 2.24) is 19.2 Å². The minimum absolute atomic E-state index is 0.0122. The number of piperidine rings is 1. The monoisotopic (exact) mass is 328 g/mol. The highest BCUT2D eigenvalue weighted by Gasteiger charge is 2.47. The maximum Gasteiger partial charge on any atom is 0.262 e. The zero-order chi connectivity index (χ0) is 15.9. The molecule has 2 aliphatic heterocycles. The molecule has 22 heavy (non-hydrogen) atoms. The van der Waals surface area contributed by atoms with E-state index in [1.165, 1.54) is 16.8 Å². The highest BCUT2D eigenvalue weighted by Crippen LogP contribution is 2.34. The number of nitrogens with one attached hydrogen (secondary N) is 1. The number of carbonyl (C=O) groups is 1. The number of ether oxygens (including phenoxy) is 1. The van der Waals surface area contributed by atoms with Crippen molar-refractivity contribution in [2.24, 2.45) is 13.0 Å². The second kappa shape index (κ2) is 5.64. The van der Waals surface area contributed by atoms with Crippen LogP contribution in [0.25, 0.3) is 0 Å². The van der Waals surface area contributed by atoms with E-state index >= 15 is 0 Å². The van der Waals surface area contributed by atoms with E-state index in [1.54, 1.807) is 18.7 Å². The van der Waals surface area contributed by atoms with Gasteiger partial charge in [0, 0.05) is 33.4 Å². The SMILES string of the molecule is CNC(=O)[C@@H]1C[C@@H]2OCC[C@@H]2N(S(=O)(=O)c2cn(C)cn2)C1. The van der Waals surface area contributed by atoms with E-state index in [4.69, 9.17) is 4.74 Å². The van der Waals surface area contributed by atoms with Crippen LogP contribution in [-0.4, -0.2) is 60.5 Å². The fourth-order valence-corrected chi connectivity index (χ4v) is 4.91. The number of amides is 1. The molecule has 9 heteroatoms. The van der Waals surface area contributed by atoms with Crippen molar-refractivity contribution in [3.8, 4) is 0 Å². The molecule has 2 fully saturated rings. The first kappa shape index (κ1) is 15.4. The van der Waals surface area contributed by atoms with Crippen LogP contribution < -0.4 is 5.32 Å². The van der Waals surface area contributed by atoms with E-state index < -0.39 is 15.9 Å². The standard InChI is InChI=1S/C13H20N4O4S/c1-14-13(18)9-5-11-10(3-4-21-11)17(6-9)22(19,20)12-7-16(2)8-15-12/h7-11H,3-6H2,1-2H3,(H,14,18)/t9-,10+,11+/m1/s1. The van der Waals surface area contributed by atoms with Crippen molar-refractivity contribution in [2.75, 3.05) is 20.2 Å². The van der Waals surface area contributed by atoms with Crippen LogP contribution in [0.1, 0.15) is 12.8 Å². The molecule has 3 atom stereocenters. The van der Waals surface area contributed by atoms with Gasteiger partial charge in [-0.15, -0.1) is 0 Å². The molecule has 1 aromatic rings. The molecule has 3 rings (SSSR count). The van der Waals surface area contributed by atoms with E-state index in [1.807, 2.05) is 0 Å². The molecule has 0 saturated carbocycles. The highest BCUT2D eigenvalue weighted by molar-refractivity contribution is 7.89. The lowest BCUT2D eigenvalue weighted by atomic mass is 9.91. The largest absolute Gasteiger partial charge is 0.376 e. The lowest BCUT2D eigenvalue weighted by Gasteiger charge is -2.38. The van der Waals surface area contributed by atoms with Gasteiger partial charge in [-0.3, -0.25) is 4.79 Å². The van der Waals surface area contributed by atoms with Crippen LogP contribution in [0.2, 0.25) is 0 Å². The molecule has 0 radical (unpaired) electrons. The number of carbonyl (C=O) groups excluding carboxylic acids is 1. The Morgan fingerprint density at radius 2 is 2.27 bits per heavy atom. The first-order valence-electron chi connectivity index (χ1n) is 7.26. The second-order valence-electron chi connectivity index (χ2n) is 5.76. The summed E-state index contributed by atoms with van der Waals surface area (Å²) >= 11 is 0. The molecule has 1 aromatic heterocycles. The van der Waals surface area contributed by atoms with Crippen LogP contribution in [0, 0.1) is 5.92 Å². The van der Waals surface area contributed by atoms with Crippen LogP contribution in [0.4, 0.5) is 0 Å². The molecule has 0 aromatic carbocycles. The average molecular weight is 328 g/mol. The molecule has 0 spiro atoms. The number of imidazole rings is 1. The molecular weight excluding hydrogens is 308 g/mol. The molecule has 1 N–H and O–H groups in total. The minimum atomic E-state index is -3.73. The number of nitrogens with zero attached hydrogens (tertiary/aromatic N) is 3.